The lowest BCUT2D eigenvalue weighted by molar-refractivity contribution is 0.822. The van der Waals surface area contributed by atoms with Crippen molar-refractivity contribution in [1.82, 2.24) is 10.3 Å². The van der Waals surface area contributed by atoms with Crippen molar-refractivity contribution in [3.8, 4) is 0 Å². The summed E-state index contributed by atoms with van der Waals surface area (Å²) in [5.41, 5.74) is 2.34. The topological polar surface area (TPSA) is 24.9 Å². The third-order valence-corrected chi connectivity index (χ3v) is 3.91. The standard InChI is InChI=1S/C13H15ClN2S/c1-9-12(8-15-2)17-13(16-9)7-10-4-3-5-11(14)6-10/h3-6,15H,7-8H2,1-2H3. The van der Waals surface area contributed by atoms with Gasteiger partial charge in [0, 0.05) is 22.9 Å². The van der Waals surface area contributed by atoms with Crippen LogP contribution in [0.1, 0.15) is 21.1 Å². The lowest BCUT2D eigenvalue weighted by Crippen LogP contribution is -2.04. The first-order valence-corrected chi connectivity index (χ1v) is 6.72. The summed E-state index contributed by atoms with van der Waals surface area (Å²) in [5, 5.41) is 5.09. The minimum absolute atomic E-state index is 0.784. The van der Waals surface area contributed by atoms with Crippen molar-refractivity contribution in [2.24, 2.45) is 0 Å². The van der Waals surface area contributed by atoms with Crippen molar-refractivity contribution in [3.63, 3.8) is 0 Å². The minimum Gasteiger partial charge on any atom is -0.315 e. The van der Waals surface area contributed by atoms with Crippen LogP contribution in [-0.4, -0.2) is 12.0 Å². The molecule has 90 valence electrons. The van der Waals surface area contributed by atoms with Gasteiger partial charge >= 0.3 is 0 Å². The van der Waals surface area contributed by atoms with E-state index in [0.29, 0.717) is 0 Å². The Morgan fingerprint density at radius 3 is 2.94 bits per heavy atom. The third kappa shape index (κ3) is 3.28. The number of nitrogens with zero attached hydrogens (tertiary/aromatic N) is 1. The van der Waals surface area contributed by atoms with Gasteiger partial charge in [-0.25, -0.2) is 4.98 Å². The second kappa shape index (κ2) is 5.63. The highest BCUT2D eigenvalue weighted by Gasteiger charge is 2.07. The Morgan fingerprint density at radius 2 is 2.24 bits per heavy atom. The summed E-state index contributed by atoms with van der Waals surface area (Å²) < 4.78 is 0. The molecule has 0 saturated carbocycles. The Morgan fingerprint density at radius 1 is 1.41 bits per heavy atom. The number of aryl methyl sites for hydroxylation is 1. The molecule has 1 aromatic heterocycles. The van der Waals surface area contributed by atoms with E-state index in [9.17, 15) is 0 Å². The van der Waals surface area contributed by atoms with Gasteiger partial charge in [-0.1, -0.05) is 23.7 Å². The fraction of sp³-hybridized carbons (Fsp3) is 0.308. The molecule has 0 radical (unpaired) electrons. The summed E-state index contributed by atoms with van der Waals surface area (Å²) in [4.78, 5) is 5.90. The molecular weight excluding hydrogens is 252 g/mol. The smallest absolute Gasteiger partial charge is 0.0975 e. The predicted molar refractivity (Wildman–Crippen MR) is 73.9 cm³/mol. The van der Waals surface area contributed by atoms with Gasteiger partial charge in [0.25, 0.3) is 0 Å². The molecule has 0 unspecified atom stereocenters. The zero-order valence-electron chi connectivity index (χ0n) is 9.96. The fourth-order valence-electron chi connectivity index (χ4n) is 1.71. The molecule has 0 fully saturated rings. The van der Waals surface area contributed by atoms with Crippen LogP contribution in [0.3, 0.4) is 0 Å². The second-order valence-corrected chi connectivity index (χ2v) is 5.56. The molecule has 17 heavy (non-hydrogen) atoms. The number of thiazole rings is 1. The minimum atomic E-state index is 0.784. The molecule has 0 atom stereocenters. The van der Waals surface area contributed by atoms with Gasteiger partial charge in [0.05, 0.1) is 10.7 Å². The number of benzene rings is 1. The third-order valence-electron chi connectivity index (χ3n) is 2.52. The average Bonchev–Trinajstić information content (AvgIpc) is 2.60. The number of halogens is 1. The molecular formula is C13H15ClN2S. The quantitative estimate of drug-likeness (QED) is 0.917. The summed E-state index contributed by atoms with van der Waals surface area (Å²) in [6, 6.07) is 7.95. The van der Waals surface area contributed by atoms with Gasteiger partial charge in [-0.15, -0.1) is 11.3 Å². The first-order valence-electron chi connectivity index (χ1n) is 5.53. The first kappa shape index (κ1) is 12.6. The predicted octanol–water partition coefficient (Wildman–Crippen LogP) is 3.42. The van der Waals surface area contributed by atoms with E-state index >= 15 is 0 Å². The molecule has 0 spiro atoms. The second-order valence-electron chi connectivity index (χ2n) is 3.95. The Labute approximate surface area is 111 Å². The SMILES string of the molecule is CNCc1sc(Cc2cccc(Cl)c2)nc1C. The summed E-state index contributed by atoms with van der Waals surface area (Å²) in [6.45, 7) is 2.95. The van der Waals surface area contributed by atoms with Gasteiger partial charge in [-0.05, 0) is 31.7 Å². The molecule has 1 heterocycles. The van der Waals surface area contributed by atoms with E-state index in [1.165, 1.54) is 10.4 Å². The Balaban J connectivity index is 2.16. The van der Waals surface area contributed by atoms with Gasteiger partial charge in [0.2, 0.25) is 0 Å². The number of rotatable bonds is 4. The van der Waals surface area contributed by atoms with Crippen LogP contribution in [0.25, 0.3) is 0 Å². The van der Waals surface area contributed by atoms with E-state index in [1.807, 2.05) is 25.2 Å². The monoisotopic (exact) mass is 266 g/mol. The molecule has 1 N–H and O–H groups in total. The molecule has 0 bridgehead atoms. The fourth-order valence-corrected chi connectivity index (χ4v) is 3.04. The largest absolute Gasteiger partial charge is 0.315 e. The van der Waals surface area contributed by atoms with Crippen molar-refractivity contribution in [2.45, 2.75) is 19.9 Å². The molecule has 0 saturated heterocycles. The van der Waals surface area contributed by atoms with Crippen LogP contribution < -0.4 is 5.32 Å². The van der Waals surface area contributed by atoms with Crippen LogP contribution in [0.2, 0.25) is 5.02 Å². The highest BCUT2D eigenvalue weighted by molar-refractivity contribution is 7.11. The highest BCUT2D eigenvalue weighted by Crippen LogP contribution is 2.21. The van der Waals surface area contributed by atoms with Crippen LogP contribution in [0.5, 0.6) is 0 Å². The molecule has 0 amide bonds. The normalized spacial score (nSPS) is 10.8. The maximum absolute atomic E-state index is 5.97. The Bertz CT molecular complexity index is 508. The summed E-state index contributed by atoms with van der Waals surface area (Å²) >= 11 is 7.74. The Hall–Kier alpha value is -0.900. The highest BCUT2D eigenvalue weighted by atomic mass is 35.5. The first-order chi connectivity index (χ1) is 8.19. The number of hydrogen-bond donors (Lipinski definition) is 1. The van der Waals surface area contributed by atoms with Crippen molar-refractivity contribution < 1.29 is 0 Å². The molecule has 0 aliphatic carbocycles. The molecule has 2 aromatic rings. The number of hydrogen-bond acceptors (Lipinski definition) is 3. The lowest BCUT2D eigenvalue weighted by Gasteiger charge is -1.98. The van der Waals surface area contributed by atoms with Gasteiger partial charge in [0.1, 0.15) is 0 Å². The number of aromatic nitrogens is 1. The van der Waals surface area contributed by atoms with E-state index in [1.54, 1.807) is 11.3 Å². The van der Waals surface area contributed by atoms with Crippen molar-refractivity contribution >= 4 is 22.9 Å². The van der Waals surface area contributed by atoms with Gasteiger partial charge < -0.3 is 5.32 Å². The maximum atomic E-state index is 5.97. The van der Waals surface area contributed by atoms with Crippen molar-refractivity contribution in [1.29, 1.82) is 0 Å². The van der Waals surface area contributed by atoms with Crippen molar-refractivity contribution in [2.75, 3.05) is 7.05 Å². The van der Waals surface area contributed by atoms with Crippen LogP contribution in [0.15, 0.2) is 24.3 Å². The molecule has 1 aromatic carbocycles. The van der Waals surface area contributed by atoms with Gasteiger partial charge in [0.15, 0.2) is 0 Å². The van der Waals surface area contributed by atoms with Crippen LogP contribution in [-0.2, 0) is 13.0 Å². The summed E-state index contributed by atoms with van der Waals surface area (Å²) in [7, 11) is 1.95. The van der Waals surface area contributed by atoms with Crippen LogP contribution >= 0.6 is 22.9 Å². The lowest BCUT2D eigenvalue weighted by atomic mass is 10.2. The summed E-state index contributed by atoms with van der Waals surface area (Å²) in [5.74, 6) is 0. The zero-order chi connectivity index (χ0) is 12.3. The van der Waals surface area contributed by atoms with Crippen LogP contribution in [0.4, 0.5) is 0 Å². The zero-order valence-corrected chi connectivity index (χ0v) is 11.5. The van der Waals surface area contributed by atoms with E-state index in [2.05, 4.69) is 23.3 Å². The molecule has 2 rings (SSSR count). The molecule has 0 aliphatic heterocycles. The van der Waals surface area contributed by atoms with Crippen LogP contribution in [0, 0.1) is 6.92 Å². The van der Waals surface area contributed by atoms with E-state index in [-0.39, 0.29) is 0 Å². The average molecular weight is 267 g/mol. The molecule has 2 nitrogen and oxygen atoms in total. The summed E-state index contributed by atoms with van der Waals surface area (Å²) in [6.07, 6.45) is 0.857. The van der Waals surface area contributed by atoms with Gasteiger partial charge in [-0.3, -0.25) is 0 Å². The molecule has 0 aliphatic rings. The molecule has 4 heteroatoms. The number of nitrogens with one attached hydrogen (secondary N) is 1. The maximum Gasteiger partial charge on any atom is 0.0975 e. The van der Waals surface area contributed by atoms with E-state index < -0.39 is 0 Å². The van der Waals surface area contributed by atoms with E-state index in [4.69, 9.17) is 11.6 Å². The van der Waals surface area contributed by atoms with Gasteiger partial charge in [-0.2, -0.15) is 0 Å². The Kier molecular flexibility index (Phi) is 4.15. The van der Waals surface area contributed by atoms with Crippen molar-refractivity contribution in [3.05, 3.63) is 50.4 Å². The van der Waals surface area contributed by atoms with E-state index in [0.717, 1.165) is 28.7 Å².